The van der Waals surface area contributed by atoms with Gasteiger partial charge < -0.3 is 9.72 Å². The van der Waals surface area contributed by atoms with E-state index in [1.54, 1.807) is 0 Å². The molecule has 2 rings (SSSR count). The van der Waals surface area contributed by atoms with E-state index in [4.69, 9.17) is 0 Å². The summed E-state index contributed by atoms with van der Waals surface area (Å²) in [7, 11) is 1.21. The normalized spacial score (nSPS) is 11.8. The van der Waals surface area contributed by atoms with Crippen LogP contribution in [0.4, 0.5) is 13.2 Å². The summed E-state index contributed by atoms with van der Waals surface area (Å²) in [6.45, 7) is 0. The predicted octanol–water partition coefficient (Wildman–Crippen LogP) is 3.58. The Labute approximate surface area is 113 Å². The lowest BCUT2D eigenvalue weighted by Crippen LogP contribution is -2.04. The summed E-state index contributed by atoms with van der Waals surface area (Å²) in [4.78, 5) is 14.1. The molecule has 0 amide bonds. The first-order valence-electron chi connectivity index (χ1n) is 4.81. The molecule has 0 saturated carbocycles. The van der Waals surface area contributed by atoms with Crippen LogP contribution in [0.3, 0.4) is 0 Å². The van der Waals surface area contributed by atoms with Gasteiger partial charge in [0, 0.05) is 10.9 Å². The number of rotatable bonds is 1. The molecule has 7 heteroatoms. The van der Waals surface area contributed by atoms with Gasteiger partial charge in [-0.25, -0.2) is 4.79 Å². The van der Waals surface area contributed by atoms with Gasteiger partial charge in [-0.05, 0) is 40.8 Å². The fraction of sp³-hybridized carbons (Fsp3) is 0.182. The van der Waals surface area contributed by atoms with Crippen molar-refractivity contribution in [2.75, 3.05) is 7.11 Å². The number of ether oxygens (including phenoxy) is 1. The second kappa shape index (κ2) is 4.45. The number of aromatic amines is 1. The molecular weight excluding hydrogens is 362 g/mol. The van der Waals surface area contributed by atoms with E-state index in [2.05, 4.69) is 9.72 Å². The van der Waals surface area contributed by atoms with Crippen LogP contribution in [0.5, 0.6) is 0 Å². The summed E-state index contributed by atoms with van der Waals surface area (Å²) in [5, 5.41) is 0.353. The van der Waals surface area contributed by atoms with E-state index in [0.29, 0.717) is 14.5 Å². The average molecular weight is 369 g/mol. The fourth-order valence-electron chi connectivity index (χ4n) is 1.58. The van der Waals surface area contributed by atoms with Gasteiger partial charge in [0.05, 0.1) is 16.2 Å². The summed E-state index contributed by atoms with van der Waals surface area (Å²) < 4.78 is 42.7. The van der Waals surface area contributed by atoms with E-state index in [1.165, 1.54) is 13.2 Å². The van der Waals surface area contributed by atoms with Crippen LogP contribution in [-0.4, -0.2) is 18.1 Å². The topological polar surface area (TPSA) is 42.1 Å². The molecule has 1 aromatic carbocycles. The number of halogens is 4. The van der Waals surface area contributed by atoms with Crippen molar-refractivity contribution in [3.63, 3.8) is 0 Å². The zero-order valence-corrected chi connectivity index (χ0v) is 11.2. The highest BCUT2D eigenvalue weighted by molar-refractivity contribution is 14.1. The smallest absolute Gasteiger partial charge is 0.416 e. The van der Waals surface area contributed by atoms with E-state index in [-0.39, 0.29) is 5.69 Å². The Morgan fingerprint density at radius 3 is 2.61 bits per heavy atom. The number of hydrogen-bond donors (Lipinski definition) is 1. The van der Waals surface area contributed by atoms with Crippen molar-refractivity contribution >= 4 is 39.5 Å². The molecule has 18 heavy (non-hydrogen) atoms. The molecule has 0 spiro atoms. The molecule has 0 aliphatic heterocycles. The zero-order chi connectivity index (χ0) is 13.5. The number of hydrogen-bond acceptors (Lipinski definition) is 2. The lowest BCUT2D eigenvalue weighted by Gasteiger charge is -2.05. The van der Waals surface area contributed by atoms with Gasteiger partial charge in [-0.2, -0.15) is 13.2 Å². The van der Waals surface area contributed by atoms with Crippen LogP contribution < -0.4 is 0 Å². The maximum atomic E-state index is 12.6. The molecule has 0 aliphatic rings. The predicted molar refractivity (Wildman–Crippen MR) is 67.4 cm³/mol. The van der Waals surface area contributed by atoms with Crippen LogP contribution in [0.1, 0.15) is 16.1 Å². The highest BCUT2D eigenvalue weighted by Crippen LogP contribution is 2.33. The van der Waals surface area contributed by atoms with Crippen molar-refractivity contribution < 1.29 is 22.7 Å². The van der Waals surface area contributed by atoms with Crippen LogP contribution >= 0.6 is 22.6 Å². The Hall–Kier alpha value is -1.25. The van der Waals surface area contributed by atoms with Crippen LogP contribution in [0.25, 0.3) is 10.9 Å². The summed E-state index contributed by atoms with van der Waals surface area (Å²) in [6.07, 6.45) is -4.40. The second-order valence-electron chi connectivity index (χ2n) is 3.56. The molecule has 0 aliphatic carbocycles. The Morgan fingerprint density at radius 1 is 1.39 bits per heavy atom. The Bertz CT molecular complexity index is 619. The van der Waals surface area contributed by atoms with Crippen LogP contribution in [0.15, 0.2) is 18.2 Å². The number of carbonyl (C=O) groups is 1. The minimum atomic E-state index is -4.40. The third-order valence-corrected chi connectivity index (χ3v) is 3.57. The SMILES string of the molecule is COC(=O)c1[nH]c2ccc(C(F)(F)F)cc2c1I. The largest absolute Gasteiger partial charge is 0.464 e. The van der Waals surface area contributed by atoms with Crippen molar-refractivity contribution in [1.82, 2.24) is 4.98 Å². The van der Waals surface area contributed by atoms with Gasteiger partial charge in [-0.15, -0.1) is 0 Å². The minimum absolute atomic E-state index is 0.160. The molecule has 1 N–H and O–H groups in total. The number of alkyl halides is 3. The molecular formula is C11H7F3INO2. The Morgan fingerprint density at radius 2 is 2.06 bits per heavy atom. The van der Waals surface area contributed by atoms with E-state index in [0.717, 1.165) is 12.1 Å². The molecule has 2 aromatic rings. The van der Waals surface area contributed by atoms with Gasteiger partial charge in [0.1, 0.15) is 5.69 Å². The van der Waals surface area contributed by atoms with Gasteiger partial charge in [-0.1, -0.05) is 0 Å². The van der Waals surface area contributed by atoms with Crippen molar-refractivity contribution in [3.8, 4) is 0 Å². The van der Waals surface area contributed by atoms with E-state index < -0.39 is 17.7 Å². The number of nitrogens with one attached hydrogen (secondary N) is 1. The van der Waals surface area contributed by atoms with E-state index >= 15 is 0 Å². The second-order valence-corrected chi connectivity index (χ2v) is 4.64. The lowest BCUT2D eigenvalue weighted by molar-refractivity contribution is -0.137. The van der Waals surface area contributed by atoms with Crippen LogP contribution in [0, 0.1) is 3.57 Å². The van der Waals surface area contributed by atoms with Crippen LogP contribution in [-0.2, 0) is 10.9 Å². The molecule has 0 saturated heterocycles. The van der Waals surface area contributed by atoms with Gasteiger partial charge in [0.15, 0.2) is 0 Å². The quantitative estimate of drug-likeness (QED) is 0.617. The van der Waals surface area contributed by atoms with Gasteiger partial charge in [0.2, 0.25) is 0 Å². The maximum absolute atomic E-state index is 12.6. The third kappa shape index (κ3) is 2.18. The monoisotopic (exact) mass is 369 g/mol. The lowest BCUT2D eigenvalue weighted by atomic mass is 10.1. The van der Waals surface area contributed by atoms with Gasteiger partial charge in [-0.3, -0.25) is 0 Å². The van der Waals surface area contributed by atoms with Gasteiger partial charge >= 0.3 is 12.1 Å². The highest BCUT2D eigenvalue weighted by Gasteiger charge is 2.31. The third-order valence-electron chi connectivity index (χ3n) is 2.45. The van der Waals surface area contributed by atoms with Gasteiger partial charge in [0.25, 0.3) is 0 Å². The van der Waals surface area contributed by atoms with Crippen molar-refractivity contribution in [2.45, 2.75) is 6.18 Å². The average Bonchev–Trinajstić information content (AvgIpc) is 2.64. The first kappa shape index (κ1) is 13.2. The number of benzene rings is 1. The Balaban J connectivity index is 2.64. The van der Waals surface area contributed by atoms with Crippen LogP contribution in [0.2, 0.25) is 0 Å². The highest BCUT2D eigenvalue weighted by atomic mass is 127. The van der Waals surface area contributed by atoms with E-state index in [9.17, 15) is 18.0 Å². The number of carbonyl (C=O) groups excluding carboxylic acids is 1. The molecule has 3 nitrogen and oxygen atoms in total. The van der Waals surface area contributed by atoms with E-state index in [1.807, 2.05) is 22.6 Å². The Kier molecular flexibility index (Phi) is 3.26. The molecule has 0 fully saturated rings. The number of methoxy groups -OCH3 is 1. The van der Waals surface area contributed by atoms with Crippen molar-refractivity contribution in [2.24, 2.45) is 0 Å². The molecule has 1 heterocycles. The first-order valence-corrected chi connectivity index (χ1v) is 5.89. The molecule has 0 bridgehead atoms. The number of aromatic nitrogens is 1. The van der Waals surface area contributed by atoms with Crippen molar-refractivity contribution in [1.29, 1.82) is 0 Å². The zero-order valence-electron chi connectivity index (χ0n) is 9.06. The summed E-state index contributed by atoms with van der Waals surface area (Å²) in [6, 6.07) is 3.28. The minimum Gasteiger partial charge on any atom is -0.464 e. The molecule has 96 valence electrons. The number of fused-ring (bicyclic) bond motifs is 1. The maximum Gasteiger partial charge on any atom is 0.416 e. The summed E-state index contributed by atoms with van der Waals surface area (Å²) in [5.74, 6) is -0.607. The summed E-state index contributed by atoms with van der Waals surface area (Å²) in [5.41, 5.74) is -0.122. The molecule has 1 aromatic heterocycles. The fourth-order valence-corrected chi connectivity index (χ4v) is 2.38. The number of H-pyrrole nitrogens is 1. The number of esters is 1. The summed E-state index contributed by atoms with van der Waals surface area (Å²) >= 11 is 1.82. The molecule has 0 atom stereocenters. The molecule has 0 radical (unpaired) electrons. The van der Waals surface area contributed by atoms with Crippen molar-refractivity contribution in [3.05, 3.63) is 33.0 Å². The standard InChI is InChI=1S/C11H7F3INO2/c1-18-10(17)9-8(15)6-4-5(11(12,13)14)2-3-7(6)16-9/h2-4,16H,1H3. The first-order chi connectivity index (χ1) is 8.34. The molecule has 0 unspecified atom stereocenters.